The summed E-state index contributed by atoms with van der Waals surface area (Å²) in [5.74, 6) is 0.181. The monoisotopic (exact) mass is 261 g/mol. The van der Waals surface area contributed by atoms with Crippen molar-refractivity contribution >= 4 is 5.91 Å². The normalized spacial score (nSPS) is 18.3. The van der Waals surface area contributed by atoms with Gasteiger partial charge in [-0.25, -0.2) is 0 Å². The predicted molar refractivity (Wildman–Crippen MR) is 75.9 cm³/mol. The summed E-state index contributed by atoms with van der Waals surface area (Å²) in [4.78, 5) is 13.7. The molecular weight excluding hydrogens is 238 g/mol. The van der Waals surface area contributed by atoms with Crippen LogP contribution in [0.3, 0.4) is 0 Å². The largest absolute Gasteiger partial charge is 0.387 e. The van der Waals surface area contributed by atoms with E-state index in [4.69, 9.17) is 0 Å². The molecule has 1 unspecified atom stereocenters. The van der Waals surface area contributed by atoms with Gasteiger partial charge in [-0.3, -0.25) is 4.79 Å². The van der Waals surface area contributed by atoms with Gasteiger partial charge in [-0.05, 0) is 43.4 Å². The van der Waals surface area contributed by atoms with Crippen LogP contribution >= 0.6 is 0 Å². The molecule has 2 rings (SSSR count). The standard InChI is InChI=1S/C16H23NO2/c1-12-7-8-14(10-13(12)2)15(18)11-17-9-5-3-4-6-16(17)19/h7-8,10,15,18H,3-6,9,11H2,1-2H3. The zero-order chi connectivity index (χ0) is 13.8. The van der Waals surface area contributed by atoms with E-state index in [0.717, 1.165) is 31.4 Å². The fraction of sp³-hybridized carbons (Fsp3) is 0.562. The molecule has 3 heteroatoms. The van der Waals surface area contributed by atoms with Gasteiger partial charge in [-0.2, -0.15) is 0 Å². The summed E-state index contributed by atoms with van der Waals surface area (Å²) in [5, 5.41) is 10.3. The molecule has 0 bridgehead atoms. The summed E-state index contributed by atoms with van der Waals surface area (Å²) in [6.07, 6.45) is 3.18. The van der Waals surface area contributed by atoms with Crippen LogP contribution in [0, 0.1) is 13.8 Å². The Morgan fingerprint density at radius 2 is 2.00 bits per heavy atom. The first-order valence-corrected chi connectivity index (χ1v) is 7.11. The van der Waals surface area contributed by atoms with Gasteiger partial charge in [-0.1, -0.05) is 24.6 Å². The smallest absolute Gasteiger partial charge is 0.222 e. The number of hydrogen-bond donors (Lipinski definition) is 1. The van der Waals surface area contributed by atoms with Gasteiger partial charge in [0.1, 0.15) is 0 Å². The number of aliphatic hydroxyl groups is 1. The Morgan fingerprint density at radius 1 is 1.21 bits per heavy atom. The van der Waals surface area contributed by atoms with Gasteiger partial charge in [0.25, 0.3) is 0 Å². The number of nitrogens with zero attached hydrogens (tertiary/aromatic N) is 1. The molecule has 1 fully saturated rings. The molecule has 1 atom stereocenters. The molecular formula is C16H23NO2. The zero-order valence-corrected chi connectivity index (χ0v) is 11.9. The van der Waals surface area contributed by atoms with E-state index in [1.165, 1.54) is 11.1 Å². The highest BCUT2D eigenvalue weighted by Gasteiger charge is 2.20. The Kier molecular flexibility index (Phi) is 4.59. The average Bonchev–Trinajstić information content (AvgIpc) is 2.58. The number of hydrogen-bond acceptors (Lipinski definition) is 2. The van der Waals surface area contributed by atoms with Crippen molar-refractivity contribution in [1.82, 2.24) is 4.90 Å². The summed E-state index contributed by atoms with van der Waals surface area (Å²) in [6.45, 7) is 5.30. The minimum absolute atomic E-state index is 0.181. The first kappa shape index (κ1) is 14.1. The number of carbonyl (C=O) groups is 1. The van der Waals surface area contributed by atoms with Crippen molar-refractivity contribution in [1.29, 1.82) is 0 Å². The zero-order valence-electron chi connectivity index (χ0n) is 11.9. The van der Waals surface area contributed by atoms with E-state index in [-0.39, 0.29) is 5.91 Å². The average molecular weight is 261 g/mol. The minimum Gasteiger partial charge on any atom is -0.387 e. The molecule has 0 spiro atoms. The van der Waals surface area contributed by atoms with Crippen LogP contribution in [0.4, 0.5) is 0 Å². The predicted octanol–water partition coefficient (Wildman–Crippen LogP) is 2.74. The molecule has 1 aromatic rings. The lowest BCUT2D eigenvalue weighted by Gasteiger charge is -2.24. The van der Waals surface area contributed by atoms with Crippen LogP contribution in [0.5, 0.6) is 0 Å². The number of rotatable bonds is 3. The van der Waals surface area contributed by atoms with Crippen LogP contribution in [0.25, 0.3) is 0 Å². The highest BCUT2D eigenvalue weighted by atomic mass is 16.3. The van der Waals surface area contributed by atoms with Crippen molar-refractivity contribution in [3.05, 3.63) is 34.9 Å². The van der Waals surface area contributed by atoms with Crippen LogP contribution < -0.4 is 0 Å². The van der Waals surface area contributed by atoms with E-state index < -0.39 is 6.10 Å². The quantitative estimate of drug-likeness (QED) is 0.909. The van der Waals surface area contributed by atoms with Crippen LogP contribution in [0.2, 0.25) is 0 Å². The molecule has 1 aliphatic heterocycles. The molecule has 3 nitrogen and oxygen atoms in total. The highest BCUT2D eigenvalue weighted by molar-refractivity contribution is 5.76. The van der Waals surface area contributed by atoms with Crippen LogP contribution in [-0.2, 0) is 4.79 Å². The van der Waals surface area contributed by atoms with Gasteiger partial charge >= 0.3 is 0 Å². The van der Waals surface area contributed by atoms with Gasteiger partial charge in [0, 0.05) is 13.0 Å². The Balaban J connectivity index is 2.04. The van der Waals surface area contributed by atoms with Gasteiger partial charge in [0.15, 0.2) is 0 Å². The second kappa shape index (κ2) is 6.20. The SMILES string of the molecule is Cc1ccc(C(O)CN2CCCCCC2=O)cc1C. The first-order chi connectivity index (χ1) is 9.08. The maximum absolute atomic E-state index is 11.9. The van der Waals surface area contributed by atoms with Crippen LogP contribution in [0.15, 0.2) is 18.2 Å². The van der Waals surface area contributed by atoms with E-state index >= 15 is 0 Å². The van der Waals surface area contributed by atoms with E-state index in [2.05, 4.69) is 6.92 Å². The molecule has 1 amide bonds. The Bertz CT molecular complexity index is 456. The van der Waals surface area contributed by atoms with Crippen molar-refractivity contribution in [2.45, 2.75) is 45.6 Å². The molecule has 1 heterocycles. The molecule has 1 N–H and O–H groups in total. The number of amides is 1. The lowest BCUT2D eigenvalue weighted by atomic mass is 10.0. The van der Waals surface area contributed by atoms with Crippen LogP contribution in [0.1, 0.15) is 48.5 Å². The van der Waals surface area contributed by atoms with E-state index in [1.807, 2.05) is 30.0 Å². The Labute approximate surface area is 115 Å². The molecule has 1 aromatic carbocycles. The van der Waals surface area contributed by atoms with E-state index in [1.54, 1.807) is 0 Å². The number of benzene rings is 1. The second-order valence-electron chi connectivity index (χ2n) is 5.51. The molecule has 0 saturated carbocycles. The maximum Gasteiger partial charge on any atom is 0.222 e. The summed E-state index contributed by atoms with van der Waals surface area (Å²) in [5.41, 5.74) is 3.31. The number of aryl methyl sites for hydroxylation is 2. The second-order valence-corrected chi connectivity index (χ2v) is 5.51. The van der Waals surface area contributed by atoms with Gasteiger partial charge in [-0.15, -0.1) is 0 Å². The number of carbonyl (C=O) groups excluding carboxylic acids is 1. The summed E-state index contributed by atoms with van der Waals surface area (Å²) >= 11 is 0. The van der Waals surface area contributed by atoms with Crippen molar-refractivity contribution in [2.24, 2.45) is 0 Å². The molecule has 0 radical (unpaired) electrons. The Morgan fingerprint density at radius 3 is 2.74 bits per heavy atom. The number of likely N-dealkylation sites (tertiary alicyclic amines) is 1. The molecule has 1 aliphatic rings. The third-order valence-corrected chi connectivity index (χ3v) is 3.98. The molecule has 104 valence electrons. The topological polar surface area (TPSA) is 40.5 Å². The molecule has 1 saturated heterocycles. The third-order valence-electron chi connectivity index (χ3n) is 3.98. The molecule has 19 heavy (non-hydrogen) atoms. The van der Waals surface area contributed by atoms with Crippen molar-refractivity contribution < 1.29 is 9.90 Å². The number of aliphatic hydroxyl groups excluding tert-OH is 1. The third kappa shape index (κ3) is 3.57. The lowest BCUT2D eigenvalue weighted by Crippen LogP contribution is -2.34. The highest BCUT2D eigenvalue weighted by Crippen LogP contribution is 2.20. The Hall–Kier alpha value is -1.35. The summed E-state index contributed by atoms with van der Waals surface area (Å²) in [6, 6.07) is 6.00. The minimum atomic E-state index is -0.582. The first-order valence-electron chi connectivity index (χ1n) is 7.11. The van der Waals surface area contributed by atoms with E-state index in [0.29, 0.717) is 13.0 Å². The maximum atomic E-state index is 11.9. The van der Waals surface area contributed by atoms with Crippen molar-refractivity contribution in [2.75, 3.05) is 13.1 Å². The van der Waals surface area contributed by atoms with Gasteiger partial charge < -0.3 is 10.0 Å². The number of β-amino-alcohol motifs (C(OH)–C–C–N with tert-alkyl or cyclic N) is 1. The van der Waals surface area contributed by atoms with Crippen molar-refractivity contribution in [3.63, 3.8) is 0 Å². The lowest BCUT2D eigenvalue weighted by molar-refractivity contribution is -0.132. The van der Waals surface area contributed by atoms with Crippen LogP contribution in [-0.4, -0.2) is 29.0 Å². The van der Waals surface area contributed by atoms with Crippen molar-refractivity contribution in [3.8, 4) is 0 Å². The van der Waals surface area contributed by atoms with Gasteiger partial charge in [0.2, 0.25) is 5.91 Å². The molecule has 0 aliphatic carbocycles. The van der Waals surface area contributed by atoms with E-state index in [9.17, 15) is 9.90 Å². The van der Waals surface area contributed by atoms with Gasteiger partial charge in [0.05, 0.1) is 12.6 Å². The summed E-state index contributed by atoms with van der Waals surface area (Å²) in [7, 11) is 0. The fourth-order valence-electron chi connectivity index (χ4n) is 2.52. The summed E-state index contributed by atoms with van der Waals surface area (Å²) < 4.78 is 0. The molecule has 0 aromatic heterocycles. The fourth-order valence-corrected chi connectivity index (χ4v) is 2.52.